The maximum Gasteiger partial charge on any atom is 0.257 e. The average molecular weight is 432 g/mol. The summed E-state index contributed by atoms with van der Waals surface area (Å²) in [5, 5.41) is 6.49. The van der Waals surface area contributed by atoms with Crippen LogP contribution in [-0.4, -0.2) is 44.8 Å². The lowest BCUT2D eigenvalue weighted by Gasteiger charge is -2.16. The van der Waals surface area contributed by atoms with Gasteiger partial charge in [0.25, 0.3) is 5.91 Å². The molecule has 30 heavy (non-hydrogen) atoms. The topological polar surface area (TPSA) is 81.2 Å². The lowest BCUT2D eigenvalue weighted by molar-refractivity contribution is 0.0975. The number of aliphatic imine (C=N–C) groups is 1. The normalized spacial score (nSPS) is 16.2. The maximum atomic E-state index is 12.8. The van der Waals surface area contributed by atoms with Crippen LogP contribution in [0.3, 0.4) is 0 Å². The van der Waals surface area contributed by atoms with Crippen molar-refractivity contribution in [2.45, 2.75) is 25.9 Å². The SMILES string of the molecule is CCOc1ccc(C(=O)NC(=NC[C@H]2CCCO2)Nc2cc(Cl)ccc2OC)cc1. The molecule has 0 aliphatic carbocycles. The molecule has 0 aromatic heterocycles. The summed E-state index contributed by atoms with van der Waals surface area (Å²) < 4.78 is 16.4. The van der Waals surface area contributed by atoms with Gasteiger partial charge in [0.15, 0.2) is 0 Å². The molecule has 0 bridgehead atoms. The molecule has 0 unspecified atom stereocenters. The van der Waals surface area contributed by atoms with Crippen LogP contribution in [0, 0.1) is 0 Å². The Balaban J connectivity index is 1.77. The monoisotopic (exact) mass is 431 g/mol. The van der Waals surface area contributed by atoms with Gasteiger partial charge in [0.05, 0.1) is 32.1 Å². The van der Waals surface area contributed by atoms with E-state index in [1.54, 1.807) is 49.6 Å². The van der Waals surface area contributed by atoms with E-state index in [0.29, 0.717) is 46.9 Å². The Hall–Kier alpha value is -2.77. The molecule has 1 atom stereocenters. The first-order valence-electron chi connectivity index (χ1n) is 9.90. The number of halogens is 1. The van der Waals surface area contributed by atoms with Crippen molar-refractivity contribution in [2.24, 2.45) is 4.99 Å². The highest BCUT2D eigenvalue weighted by Gasteiger charge is 2.17. The Morgan fingerprint density at radius 1 is 1.27 bits per heavy atom. The number of nitrogens with one attached hydrogen (secondary N) is 2. The van der Waals surface area contributed by atoms with Crippen LogP contribution in [0.4, 0.5) is 5.69 Å². The van der Waals surface area contributed by atoms with Gasteiger partial charge in [0.1, 0.15) is 11.5 Å². The average Bonchev–Trinajstić information content (AvgIpc) is 3.26. The fourth-order valence-corrected chi connectivity index (χ4v) is 3.22. The molecular formula is C22H26ClN3O4. The van der Waals surface area contributed by atoms with Crippen molar-refractivity contribution < 1.29 is 19.0 Å². The predicted molar refractivity (Wildman–Crippen MR) is 118 cm³/mol. The van der Waals surface area contributed by atoms with Crippen molar-refractivity contribution in [3.8, 4) is 11.5 Å². The van der Waals surface area contributed by atoms with Gasteiger partial charge < -0.3 is 19.5 Å². The first kappa shape index (κ1) is 21.9. The van der Waals surface area contributed by atoms with Gasteiger partial charge in [-0.2, -0.15) is 0 Å². The molecule has 0 saturated carbocycles. The van der Waals surface area contributed by atoms with Crippen molar-refractivity contribution in [1.29, 1.82) is 0 Å². The number of ether oxygens (including phenoxy) is 3. The molecule has 2 N–H and O–H groups in total. The van der Waals surface area contributed by atoms with E-state index in [-0.39, 0.29) is 12.0 Å². The minimum atomic E-state index is -0.294. The van der Waals surface area contributed by atoms with Gasteiger partial charge in [-0.1, -0.05) is 11.6 Å². The summed E-state index contributed by atoms with van der Waals surface area (Å²) >= 11 is 6.13. The lowest BCUT2D eigenvalue weighted by atomic mass is 10.2. The van der Waals surface area contributed by atoms with Crippen molar-refractivity contribution in [3.05, 3.63) is 53.1 Å². The zero-order chi connectivity index (χ0) is 21.3. The van der Waals surface area contributed by atoms with E-state index in [9.17, 15) is 4.79 Å². The molecule has 160 valence electrons. The van der Waals surface area contributed by atoms with Gasteiger partial charge in [0, 0.05) is 17.2 Å². The van der Waals surface area contributed by atoms with Gasteiger partial charge in [-0.05, 0) is 62.2 Å². The summed E-state index contributed by atoms with van der Waals surface area (Å²) in [5.74, 6) is 1.30. The molecule has 1 saturated heterocycles. The quantitative estimate of drug-likeness (QED) is 0.509. The summed E-state index contributed by atoms with van der Waals surface area (Å²) in [6.07, 6.45) is 2.01. The molecule has 1 amide bonds. The number of hydrogen-bond donors (Lipinski definition) is 2. The third kappa shape index (κ3) is 6.11. The summed E-state index contributed by atoms with van der Waals surface area (Å²) in [4.78, 5) is 17.3. The van der Waals surface area contributed by atoms with E-state index in [1.165, 1.54) is 0 Å². The molecule has 3 rings (SSSR count). The highest BCUT2D eigenvalue weighted by atomic mass is 35.5. The number of amides is 1. The van der Waals surface area contributed by atoms with Gasteiger partial charge in [-0.25, -0.2) is 4.99 Å². The molecule has 2 aromatic carbocycles. The minimum Gasteiger partial charge on any atom is -0.495 e. The Morgan fingerprint density at radius 2 is 2.07 bits per heavy atom. The molecule has 1 fully saturated rings. The summed E-state index contributed by atoms with van der Waals surface area (Å²) in [6.45, 7) is 3.66. The Labute approximate surface area is 181 Å². The number of nitrogens with zero attached hydrogens (tertiary/aromatic N) is 1. The highest BCUT2D eigenvalue weighted by molar-refractivity contribution is 6.31. The number of guanidine groups is 1. The van der Waals surface area contributed by atoms with E-state index < -0.39 is 0 Å². The maximum absolute atomic E-state index is 12.8. The fourth-order valence-electron chi connectivity index (χ4n) is 3.05. The fraction of sp³-hybridized carbons (Fsp3) is 0.364. The second kappa shape index (κ2) is 10.8. The Morgan fingerprint density at radius 3 is 2.73 bits per heavy atom. The number of carbonyl (C=O) groups excluding carboxylic acids is 1. The largest absolute Gasteiger partial charge is 0.495 e. The van der Waals surface area contributed by atoms with E-state index >= 15 is 0 Å². The van der Waals surface area contributed by atoms with E-state index in [1.807, 2.05) is 6.92 Å². The Kier molecular flexibility index (Phi) is 7.93. The highest BCUT2D eigenvalue weighted by Crippen LogP contribution is 2.27. The molecule has 0 radical (unpaired) electrons. The summed E-state index contributed by atoms with van der Waals surface area (Å²) in [6, 6.07) is 12.1. The van der Waals surface area contributed by atoms with Crippen LogP contribution < -0.4 is 20.1 Å². The number of methoxy groups -OCH3 is 1. The summed E-state index contributed by atoms with van der Waals surface area (Å²) in [7, 11) is 1.57. The van der Waals surface area contributed by atoms with Crippen LogP contribution in [-0.2, 0) is 4.74 Å². The van der Waals surface area contributed by atoms with Gasteiger partial charge in [0.2, 0.25) is 5.96 Å². The van der Waals surface area contributed by atoms with Crippen molar-refractivity contribution in [3.63, 3.8) is 0 Å². The van der Waals surface area contributed by atoms with Gasteiger partial charge in [-0.3, -0.25) is 10.1 Å². The Bertz CT molecular complexity index is 880. The molecule has 1 aliphatic rings. The van der Waals surface area contributed by atoms with Crippen LogP contribution in [0.15, 0.2) is 47.5 Å². The number of rotatable bonds is 7. The first-order valence-corrected chi connectivity index (χ1v) is 10.3. The molecular weight excluding hydrogens is 406 g/mol. The van der Waals surface area contributed by atoms with Crippen molar-refractivity contribution >= 4 is 29.2 Å². The molecule has 0 spiro atoms. The van der Waals surface area contributed by atoms with Crippen LogP contribution >= 0.6 is 11.6 Å². The molecule has 7 nitrogen and oxygen atoms in total. The first-order chi connectivity index (χ1) is 14.6. The zero-order valence-electron chi connectivity index (χ0n) is 17.1. The molecule has 8 heteroatoms. The van der Waals surface area contributed by atoms with Crippen molar-refractivity contribution in [1.82, 2.24) is 5.32 Å². The van der Waals surface area contributed by atoms with Gasteiger partial charge in [-0.15, -0.1) is 0 Å². The minimum absolute atomic E-state index is 0.0467. The predicted octanol–water partition coefficient (Wildman–Crippen LogP) is 4.12. The second-order valence-electron chi connectivity index (χ2n) is 6.71. The van der Waals surface area contributed by atoms with Gasteiger partial charge >= 0.3 is 0 Å². The second-order valence-corrected chi connectivity index (χ2v) is 7.14. The third-order valence-electron chi connectivity index (χ3n) is 4.55. The molecule has 1 aliphatic heterocycles. The zero-order valence-corrected chi connectivity index (χ0v) is 17.9. The molecule has 1 heterocycles. The standard InChI is InChI=1S/C22H26ClN3O4/c1-3-29-17-9-6-15(7-10-17)21(27)26-22(24-14-18-5-4-12-30-18)25-19-13-16(23)8-11-20(19)28-2/h6-11,13,18H,3-5,12,14H2,1-2H3,(H2,24,25,26,27)/t18-/m1/s1. The number of hydrogen-bond acceptors (Lipinski definition) is 5. The third-order valence-corrected chi connectivity index (χ3v) is 4.79. The smallest absolute Gasteiger partial charge is 0.257 e. The van der Waals surface area contributed by atoms with Crippen LogP contribution in [0.2, 0.25) is 5.02 Å². The van der Waals surface area contributed by atoms with Crippen LogP contribution in [0.25, 0.3) is 0 Å². The number of benzene rings is 2. The molecule has 2 aromatic rings. The van der Waals surface area contributed by atoms with Crippen LogP contribution in [0.1, 0.15) is 30.1 Å². The van der Waals surface area contributed by atoms with E-state index in [0.717, 1.165) is 19.4 Å². The number of carbonyl (C=O) groups is 1. The van der Waals surface area contributed by atoms with E-state index in [4.69, 9.17) is 25.8 Å². The lowest BCUT2D eigenvalue weighted by Crippen LogP contribution is -2.36. The van der Waals surface area contributed by atoms with E-state index in [2.05, 4.69) is 15.6 Å². The summed E-state index contributed by atoms with van der Waals surface area (Å²) in [5.41, 5.74) is 1.09. The van der Waals surface area contributed by atoms with Crippen LogP contribution in [0.5, 0.6) is 11.5 Å². The van der Waals surface area contributed by atoms with Crippen molar-refractivity contribution in [2.75, 3.05) is 32.2 Å². The number of anilines is 1.